The largest absolute Gasteiger partial charge is 0.472 e. The summed E-state index contributed by atoms with van der Waals surface area (Å²) in [5, 5.41) is 0. The first-order valence-electron chi connectivity index (χ1n) is 8.85. The predicted octanol–water partition coefficient (Wildman–Crippen LogP) is 5.35. The summed E-state index contributed by atoms with van der Waals surface area (Å²) in [7, 11) is -3.90. The van der Waals surface area contributed by atoms with Gasteiger partial charge in [0.2, 0.25) is 0 Å². The Bertz CT molecular complexity index is 290. The molecule has 1 N–H and O–H groups in total. The van der Waals surface area contributed by atoms with Crippen molar-refractivity contribution in [3.8, 4) is 0 Å². The predicted molar refractivity (Wildman–Crippen MR) is 84.2 cm³/mol. The quantitative estimate of drug-likeness (QED) is 0.710. The van der Waals surface area contributed by atoms with Crippen LogP contribution < -0.4 is 0 Å². The Hall–Kier alpha value is 0.110. The molecule has 0 aliphatic heterocycles. The highest BCUT2D eigenvalue weighted by molar-refractivity contribution is 7.47. The molecule has 0 aromatic rings. The lowest BCUT2D eigenvalue weighted by Gasteiger charge is -2.26. The van der Waals surface area contributed by atoms with Crippen LogP contribution in [0, 0.1) is 0 Å². The standard InChI is InChI=1S/C16H31O4P/c17-21(18,19-15-11-7-3-1-4-8-12-15)20-16-13-9-5-2-6-10-14-16/h15-16H,1-14H2,(H,17,18). The number of phosphoric acid groups is 1. The van der Waals surface area contributed by atoms with E-state index in [9.17, 15) is 9.46 Å². The minimum absolute atomic E-state index is 0.102. The van der Waals surface area contributed by atoms with Gasteiger partial charge < -0.3 is 4.89 Å². The van der Waals surface area contributed by atoms with Crippen LogP contribution in [0.1, 0.15) is 89.9 Å². The van der Waals surface area contributed by atoms with Gasteiger partial charge in [0.1, 0.15) is 0 Å². The van der Waals surface area contributed by atoms with Crippen molar-refractivity contribution in [2.45, 2.75) is 102 Å². The molecule has 2 aliphatic carbocycles. The van der Waals surface area contributed by atoms with Gasteiger partial charge in [-0.3, -0.25) is 9.05 Å². The molecule has 0 unspecified atom stereocenters. The first-order chi connectivity index (χ1) is 10.2. The molecular formula is C16H31O4P. The summed E-state index contributed by atoms with van der Waals surface area (Å²) >= 11 is 0. The third kappa shape index (κ3) is 7.27. The molecule has 0 heterocycles. The summed E-state index contributed by atoms with van der Waals surface area (Å²) in [5.41, 5.74) is 0. The molecule has 2 saturated carbocycles. The Balaban J connectivity index is 1.79. The van der Waals surface area contributed by atoms with Crippen LogP contribution in [0.5, 0.6) is 0 Å². The van der Waals surface area contributed by atoms with Crippen molar-refractivity contribution in [1.29, 1.82) is 0 Å². The van der Waals surface area contributed by atoms with E-state index in [1.165, 1.54) is 38.5 Å². The van der Waals surface area contributed by atoms with Crippen LogP contribution in [0.2, 0.25) is 0 Å². The van der Waals surface area contributed by atoms with Crippen LogP contribution in [-0.4, -0.2) is 17.1 Å². The summed E-state index contributed by atoms with van der Waals surface area (Å²) in [6.07, 6.45) is 15.1. The first-order valence-corrected chi connectivity index (χ1v) is 10.3. The van der Waals surface area contributed by atoms with Gasteiger partial charge in [-0.15, -0.1) is 0 Å². The second kappa shape index (κ2) is 9.29. The molecule has 2 aliphatic rings. The summed E-state index contributed by atoms with van der Waals surface area (Å²) in [5.74, 6) is 0. The number of phosphoric ester groups is 1. The highest BCUT2D eigenvalue weighted by Gasteiger charge is 2.30. The first kappa shape index (κ1) is 17.5. The van der Waals surface area contributed by atoms with Gasteiger partial charge in [0, 0.05) is 0 Å². The second-order valence-electron chi connectivity index (χ2n) is 6.61. The van der Waals surface area contributed by atoms with Gasteiger partial charge in [-0.1, -0.05) is 64.2 Å². The maximum Gasteiger partial charge on any atom is 0.472 e. The van der Waals surface area contributed by atoms with Crippen LogP contribution in [0.15, 0.2) is 0 Å². The van der Waals surface area contributed by atoms with Crippen molar-refractivity contribution < 1.29 is 18.5 Å². The molecule has 0 spiro atoms. The minimum Gasteiger partial charge on any atom is -0.302 e. The van der Waals surface area contributed by atoms with Crippen molar-refractivity contribution in [2.75, 3.05) is 0 Å². The molecule has 2 rings (SSSR count). The van der Waals surface area contributed by atoms with Crippen molar-refractivity contribution in [3.05, 3.63) is 0 Å². The van der Waals surface area contributed by atoms with Crippen LogP contribution >= 0.6 is 7.82 Å². The van der Waals surface area contributed by atoms with Gasteiger partial charge in [-0.25, -0.2) is 4.57 Å². The molecule has 21 heavy (non-hydrogen) atoms. The maximum absolute atomic E-state index is 12.3. The molecule has 5 heteroatoms. The van der Waals surface area contributed by atoms with E-state index in [1.807, 2.05) is 0 Å². The fraction of sp³-hybridized carbons (Fsp3) is 1.00. The average Bonchev–Trinajstić information content (AvgIpc) is 2.35. The van der Waals surface area contributed by atoms with Gasteiger partial charge in [0.25, 0.3) is 0 Å². The average molecular weight is 318 g/mol. The number of hydrogen-bond donors (Lipinski definition) is 1. The molecular weight excluding hydrogens is 287 g/mol. The van der Waals surface area contributed by atoms with Crippen LogP contribution in [0.3, 0.4) is 0 Å². The molecule has 124 valence electrons. The number of hydrogen-bond acceptors (Lipinski definition) is 3. The Labute approximate surface area is 129 Å². The topological polar surface area (TPSA) is 55.8 Å². The Morgan fingerprint density at radius 1 is 0.619 bits per heavy atom. The lowest BCUT2D eigenvalue weighted by molar-refractivity contribution is 0.0548. The fourth-order valence-corrected chi connectivity index (χ4v) is 4.67. The van der Waals surface area contributed by atoms with E-state index in [2.05, 4.69) is 0 Å². The molecule has 2 fully saturated rings. The van der Waals surface area contributed by atoms with Crippen LogP contribution in [0.4, 0.5) is 0 Å². The van der Waals surface area contributed by atoms with E-state index in [-0.39, 0.29) is 12.2 Å². The highest BCUT2D eigenvalue weighted by atomic mass is 31.2. The van der Waals surface area contributed by atoms with Gasteiger partial charge in [-0.05, 0) is 25.7 Å². The van der Waals surface area contributed by atoms with Crippen molar-refractivity contribution >= 4 is 7.82 Å². The Morgan fingerprint density at radius 2 is 0.905 bits per heavy atom. The third-order valence-electron chi connectivity index (χ3n) is 4.67. The molecule has 0 amide bonds. The zero-order valence-corrected chi connectivity index (χ0v) is 14.1. The SMILES string of the molecule is O=P(O)(OC1CCCCCCC1)OC1CCCCCCC1. The molecule has 0 aromatic heterocycles. The number of rotatable bonds is 4. The summed E-state index contributed by atoms with van der Waals surface area (Å²) in [6.45, 7) is 0. The summed E-state index contributed by atoms with van der Waals surface area (Å²) < 4.78 is 23.2. The molecule has 0 aromatic carbocycles. The smallest absolute Gasteiger partial charge is 0.302 e. The second-order valence-corrected chi connectivity index (χ2v) is 7.97. The van der Waals surface area contributed by atoms with E-state index < -0.39 is 7.82 Å². The minimum atomic E-state index is -3.90. The van der Waals surface area contributed by atoms with Crippen LogP contribution in [-0.2, 0) is 13.6 Å². The van der Waals surface area contributed by atoms with E-state index >= 15 is 0 Å². The summed E-state index contributed by atoms with van der Waals surface area (Å²) in [6, 6.07) is 0. The van der Waals surface area contributed by atoms with E-state index in [0.717, 1.165) is 51.4 Å². The lowest BCUT2D eigenvalue weighted by Crippen LogP contribution is -2.18. The fourth-order valence-electron chi connectivity index (χ4n) is 3.45. The maximum atomic E-state index is 12.3. The van der Waals surface area contributed by atoms with Crippen molar-refractivity contribution in [1.82, 2.24) is 0 Å². The van der Waals surface area contributed by atoms with Gasteiger partial charge in [0.05, 0.1) is 12.2 Å². The van der Waals surface area contributed by atoms with Crippen molar-refractivity contribution in [3.63, 3.8) is 0 Å². The monoisotopic (exact) mass is 318 g/mol. The van der Waals surface area contributed by atoms with Gasteiger partial charge >= 0.3 is 7.82 Å². The zero-order chi connectivity index (χ0) is 15.0. The van der Waals surface area contributed by atoms with Gasteiger partial charge in [0.15, 0.2) is 0 Å². The zero-order valence-electron chi connectivity index (χ0n) is 13.2. The van der Waals surface area contributed by atoms with Crippen molar-refractivity contribution in [2.24, 2.45) is 0 Å². The van der Waals surface area contributed by atoms with Gasteiger partial charge in [-0.2, -0.15) is 0 Å². The Morgan fingerprint density at radius 3 is 1.24 bits per heavy atom. The molecule has 4 nitrogen and oxygen atoms in total. The Kier molecular flexibility index (Phi) is 7.73. The third-order valence-corrected chi connectivity index (χ3v) is 5.80. The normalized spacial score (nSPS) is 24.8. The highest BCUT2D eigenvalue weighted by Crippen LogP contribution is 2.48. The molecule has 0 radical (unpaired) electrons. The lowest BCUT2D eigenvalue weighted by atomic mass is 9.99. The van der Waals surface area contributed by atoms with Crippen LogP contribution in [0.25, 0.3) is 0 Å². The summed E-state index contributed by atoms with van der Waals surface area (Å²) in [4.78, 5) is 10.1. The van der Waals surface area contributed by atoms with E-state index in [0.29, 0.717) is 0 Å². The molecule has 0 atom stereocenters. The van der Waals surface area contributed by atoms with E-state index in [1.54, 1.807) is 0 Å². The molecule has 0 bridgehead atoms. The molecule has 0 saturated heterocycles. The van der Waals surface area contributed by atoms with E-state index in [4.69, 9.17) is 9.05 Å².